The van der Waals surface area contributed by atoms with Gasteiger partial charge in [-0.15, -0.1) is 11.3 Å². The summed E-state index contributed by atoms with van der Waals surface area (Å²) >= 11 is 1.65. The normalized spacial score (nSPS) is 20.8. The van der Waals surface area contributed by atoms with Crippen molar-refractivity contribution in [2.75, 3.05) is 0 Å². The van der Waals surface area contributed by atoms with Crippen molar-refractivity contribution < 1.29 is 9.53 Å². The molecule has 1 N–H and O–H groups in total. The zero-order valence-corrected chi connectivity index (χ0v) is 19.8. The Labute approximate surface area is 196 Å². The van der Waals surface area contributed by atoms with E-state index in [0.29, 0.717) is 12.1 Å². The van der Waals surface area contributed by atoms with Gasteiger partial charge in [0.1, 0.15) is 11.4 Å². The molecule has 33 heavy (non-hydrogen) atoms. The largest absolute Gasteiger partial charge is 0.375 e. The summed E-state index contributed by atoms with van der Waals surface area (Å²) < 4.78 is 8.67. The lowest BCUT2D eigenvalue weighted by Gasteiger charge is -2.32. The number of nitrogens with one attached hydrogen (secondary N) is 1. The van der Waals surface area contributed by atoms with Gasteiger partial charge < -0.3 is 10.1 Å². The first-order chi connectivity index (χ1) is 15.9. The van der Waals surface area contributed by atoms with Gasteiger partial charge in [0.25, 0.3) is 5.91 Å². The fourth-order valence-electron chi connectivity index (χ4n) is 4.51. The maximum absolute atomic E-state index is 13.1. The minimum Gasteiger partial charge on any atom is -0.375 e. The lowest BCUT2D eigenvalue weighted by molar-refractivity contribution is -0.0408. The number of fused-ring (bicyclic) bond motifs is 1. The highest BCUT2D eigenvalue weighted by Gasteiger charge is 2.26. The number of rotatable bonds is 5. The van der Waals surface area contributed by atoms with Gasteiger partial charge in [-0.25, -0.2) is 4.98 Å². The van der Waals surface area contributed by atoms with E-state index >= 15 is 0 Å². The van der Waals surface area contributed by atoms with E-state index in [1.165, 1.54) is 0 Å². The molecule has 0 saturated carbocycles. The van der Waals surface area contributed by atoms with Crippen LogP contribution in [0.3, 0.4) is 0 Å². The molecule has 1 saturated heterocycles. The molecule has 0 bridgehead atoms. The van der Waals surface area contributed by atoms with Gasteiger partial charge >= 0.3 is 0 Å². The lowest BCUT2D eigenvalue weighted by Crippen LogP contribution is -2.44. The summed E-state index contributed by atoms with van der Waals surface area (Å²) in [6, 6.07) is 10.0. The quantitative estimate of drug-likeness (QED) is 0.477. The first-order valence-corrected chi connectivity index (χ1v) is 12.1. The molecule has 4 aromatic rings. The number of thiophene rings is 1. The molecular weight excluding hydrogens is 434 g/mol. The van der Waals surface area contributed by atoms with Gasteiger partial charge in [0.05, 0.1) is 28.1 Å². The van der Waals surface area contributed by atoms with Crippen molar-refractivity contribution in [2.45, 2.75) is 51.4 Å². The number of amides is 1. The van der Waals surface area contributed by atoms with Crippen LogP contribution in [0.2, 0.25) is 0 Å². The van der Waals surface area contributed by atoms with E-state index < -0.39 is 0 Å². The second kappa shape index (κ2) is 9.03. The molecule has 7 nitrogen and oxygen atoms in total. The molecule has 2 unspecified atom stereocenters. The lowest BCUT2D eigenvalue weighted by atomic mass is 9.99. The van der Waals surface area contributed by atoms with Crippen molar-refractivity contribution in [3.63, 3.8) is 0 Å². The standard InChI is InChI=1S/C25H27N5O2S/c1-15-10-19(11-16(2)32-15)27-25(31)23-13-18(24-22(28-23)7-9-33-24)12-17-4-5-20(26-14-17)21-6-8-30(3)29-21/h4-9,13-16,19H,10-12H2,1-3H3,(H,27,31). The number of aryl methyl sites for hydroxylation is 1. The predicted molar refractivity (Wildman–Crippen MR) is 129 cm³/mol. The van der Waals surface area contributed by atoms with Crippen molar-refractivity contribution in [3.05, 3.63) is 64.9 Å². The Kier molecular flexibility index (Phi) is 5.95. The third kappa shape index (κ3) is 4.82. The molecule has 1 aliphatic rings. The second-order valence-electron chi connectivity index (χ2n) is 8.80. The second-order valence-corrected chi connectivity index (χ2v) is 9.72. The van der Waals surface area contributed by atoms with Crippen LogP contribution < -0.4 is 5.32 Å². The molecule has 4 aromatic heterocycles. The fourth-order valence-corrected chi connectivity index (χ4v) is 5.36. The van der Waals surface area contributed by atoms with Crippen LogP contribution in [-0.4, -0.2) is 43.9 Å². The molecule has 0 spiro atoms. The van der Waals surface area contributed by atoms with Crippen molar-refractivity contribution in [3.8, 4) is 11.4 Å². The molecule has 5 heterocycles. The monoisotopic (exact) mass is 461 g/mol. The summed E-state index contributed by atoms with van der Waals surface area (Å²) in [6.07, 6.45) is 6.39. The number of carbonyl (C=O) groups is 1. The van der Waals surface area contributed by atoms with Crippen LogP contribution in [0, 0.1) is 0 Å². The molecule has 1 amide bonds. The maximum atomic E-state index is 13.1. The number of pyridine rings is 2. The predicted octanol–water partition coefficient (Wildman–Crippen LogP) is 4.37. The van der Waals surface area contributed by atoms with Gasteiger partial charge in [0.15, 0.2) is 0 Å². The average Bonchev–Trinajstić information content (AvgIpc) is 3.42. The summed E-state index contributed by atoms with van der Waals surface area (Å²) in [4.78, 5) is 22.3. The highest BCUT2D eigenvalue weighted by Crippen LogP contribution is 2.27. The first-order valence-electron chi connectivity index (χ1n) is 11.2. The Morgan fingerprint density at radius 2 is 2.00 bits per heavy atom. The number of hydrogen-bond donors (Lipinski definition) is 1. The number of carbonyl (C=O) groups excluding carboxylic acids is 1. The zero-order valence-electron chi connectivity index (χ0n) is 19.0. The van der Waals surface area contributed by atoms with Gasteiger partial charge in [0.2, 0.25) is 0 Å². The molecule has 1 aliphatic heterocycles. The third-order valence-corrected chi connectivity index (χ3v) is 6.93. The van der Waals surface area contributed by atoms with E-state index in [9.17, 15) is 4.79 Å². The van der Waals surface area contributed by atoms with Crippen molar-refractivity contribution in [2.24, 2.45) is 7.05 Å². The van der Waals surface area contributed by atoms with E-state index in [-0.39, 0.29) is 24.2 Å². The van der Waals surface area contributed by atoms with Gasteiger partial charge in [-0.3, -0.25) is 14.5 Å². The molecule has 1 fully saturated rings. The molecule has 0 aliphatic carbocycles. The minimum absolute atomic E-state index is 0.100. The van der Waals surface area contributed by atoms with Crippen LogP contribution in [0.25, 0.3) is 21.6 Å². The van der Waals surface area contributed by atoms with Crippen molar-refractivity contribution in [1.82, 2.24) is 25.1 Å². The fraction of sp³-hybridized carbons (Fsp3) is 0.360. The van der Waals surface area contributed by atoms with Gasteiger partial charge in [0, 0.05) is 31.9 Å². The summed E-state index contributed by atoms with van der Waals surface area (Å²) in [5.41, 5.74) is 5.17. The number of nitrogens with zero attached hydrogens (tertiary/aromatic N) is 4. The smallest absolute Gasteiger partial charge is 0.270 e. The highest BCUT2D eigenvalue weighted by molar-refractivity contribution is 7.17. The van der Waals surface area contributed by atoms with Crippen LogP contribution in [0.5, 0.6) is 0 Å². The zero-order chi connectivity index (χ0) is 22.9. The van der Waals surface area contributed by atoms with Gasteiger partial charge in [-0.1, -0.05) is 6.07 Å². The molecule has 5 rings (SSSR count). The van der Waals surface area contributed by atoms with E-state index in [1.807, 2.05) is 49.1 Å². The molecule has 2 atom stereocenters. The van der Waals surface area contributed by atoms with Crippen molar-refractivity contribution in [1.29, 1.82) is 0 Å². The SMILES string of the molecule is CC1CC(NC(=O)c2cc(Cc3ccc(-c4ccn(C)n4)nc3)c3sccc3n2)CC(C)O1. The third-order valence-electron chi connectivity index (χ3n) is 5.95. The van der Waals surface area contributed by atoms with E-state index in [4.69, 9.17) is 4.74 Å². The maximum Gasteiger partial charge on any atom is 0.270 e. The van der Waals surface area contributed by atoms with Crippen LogP contribution >= 0.6 is 11.3 Å². The molecular formula is C25H27N5O2S. The van der Waals surface area contributed by atoms with Gasteiger partial charge in [-0.05, 0) is 67.5 Å². The molecule has 8 heteroatoms. The van der Waals surface area contributed by atoms with Crippen LogP contribution in [0.1, 0.15) is 48.3 Å². The molecule has 0 aromatic carbocycles. The minimum atomic E-state index is -0.126. The van der Waals surface area contributed by atoms with Crippen LogP contribution in [-0.2, 0) is 18.2 Å². The Hall–Kier alpha value is -3.10. The van der Waals surface area contributed by atoms with E-state index in [2.05, 4.69) is 40.3 Å². The number of ether oxygens (including phenoxy) is 1. The number of aromatic nitrogens is 4. The van der Waals surface area contributed by atoms with E-state index in [1.54, 1.807) is 16.0 Å². The topological polar surface area (TPSA) is 81.9 Å². The first kappa shape index (κ1) is 21.7. The Balaban J connectivity index is 1.37. The number of hydrogen-bond acceptors (Lipinski definition) is 6. The summed E-state index contributed by atoms with van der Waals surface area (Å²) in [5, 5.41) is 9.61. The molecule has 0 radical (unpaired) electrons. The van der Waals surface area contributed by atoms with Gasteiger partial charge in [-0.2, -0.15) is 5.10 Å². The average molecular weight is 462 g/mol. The molecule has 170 valence electrons. The Morgan fingerprint density at radius 1 is 1.18 bits per heavy atom. The van der Waals surface area contributed by atoms with E-state index in [0.717, 1.165) is 45.6 Å². The highest BCUT2D eigenvalue weighted by atomic mass is 32.1. The van der Waals surface area contributed by atoms with Crippen LogP contribution in [0.15, 0.2) is 48.1 Å². The Morgan fingerprint density at radius 3 is 2.70 bits per heavy atom. The van der Waals surface area contributed by atoms with Crippen LogP contribution in [0.4, 0.5) is 0 Å². The summed E-state index contributed by atoms with van der Waals surface area (Å²) in [5.74, 6) is -0.126. The van der Waals surface area contributed by atoms with Crippen molar-refractivity contribution >= 4 is 27.5 Å². The summed E-state index contributed by atoms with van der Waals surface area (Å²) in [6.45, 7) is 4.10. The Bertz CT molecular complexity index is 1270. The summed E-state index contributed by atoms with van der Waals surface area (Å²) in [7, 11) is 1.89.